The monoisotopic (exact) mass is 255 g/mol. The van der Waals surface area contributed by atoms with Gasteiger partial charge in [-0.15, -0.1) is 0 Å². The molecule has 0 heterocycles. The van der Waals surface area contributed by atoms with Crippen molar-refractivity contribution in [3.8, 4) is 0 Å². The van der Waals surface area contributed by atoms with Crippen LogP contribution in [0.3, 0.4) is 0 Å². The third-order valence-corrected chi connectivity index (χ3v) is 4.07. The Morgan fingerprint density at radius 1 is 1.33 bits per heavy atom. The van der Waals surface area contributed by atoms with Crippen LogP contribution in [0.4, 0.5) is 8.78 Å². The Labute approximate surface area is 106 Å². The molecule has 0 spiro atoms. The molecule has 0 aromatic heterocycles. The lowest BCUT2D eigenvalue weighted by molar-refractivity contribution is -0.00632. The van der Waals surface area contributed by atoms with Crippen molar-refractivity contribution in [3.63, 3.8) is 0 Å². The lowest BCUT2D eigenvalue weighted by Gasteiger charge is -2.41. The summed E-state index contributed by atoms with van der Waals surface area (Å²) in [5.74, 6) is -1.14. The first-order valence-electron chi connectivity index (χ1n) is 6.39. The van der Waals surface area contributed by atoms with Crippen LogP contribution in [0.1, 0.15) is 31.2 Å². The molecule has 1 saturated carbocycles. The number of aliphatic hydroxyl groups excluding tert-OH is 1. The van der Waals surface area contributed by atoms with Crippen molar-refractivity contribution in [2.75, 3.05) is 6.54 Å². The molecule has 3 N–H and O–H groups in total. The summed E-state index contributed by atoms with van der Waals surface area (Å²) in [6, 6.07) is 3.58. The van der Waals surface area contributed by atoms with Gasteiger partial charge in [0.15, 0.2) is 0 Å². The van der Waals surface area contributed by atoms with Crippen LogP contribution in [0, 0.1) is 17.0 Å². The number of benzene rings is 1. The maximum absolute atomic E-state index is 13.7. The third kappa shape index (κ3) is 2.54. The minimum Gasteiger partial charge on any atom is -0.392 e. The van der Waals surface area contributed by atoms with E-state index in [1.807, 2.05) is 0 Å². The summed E-state index contributed by atoms with van der Waals surface area (Å²) in [5, 5.41) is 10.1. The highest BCUT2D eigenvalue weighted by Gasteiger charge is 2.39. The summed E-state index contributed by atoms with van der Waals surface area (Å²) in [6.45, 7) is 0.324. The minimum atomic E-state index is -0.581. The summed E-state index contributed by atoms with van der Waals surface area (Å²) in [6.07, 6.45) is 3.35. The number of hydrogen-bond donors (Lipinski definition) is 2. The molecule has 2 atom stereocenters. The molecule has 1 aliphatic rings. The van der Waals surface area contributed by atoms with E-state index < -0.39 is 23.2 Å². The fourth-order valence-corrected chi connectivity index (χ4v) is 2.85. The Kier molecular flexibility index (Phi) is 3.97. The number of nitrogens with two attached hydrogens (primary N) is 1. The van der Waals surface area contributed by atoms with Gasteiger partial charge in [0, 0.05) is 18.0 Å². The van der Waals surface area contributed by atoms with Crippen molar-refractivity contribution in [1.82, 2.24) is 0 Å². The summed E-state index contributed by atoms with van der Waals surface area (Å²) >= 11 is 0. The zero-order valence-electron chi connectivity index (χ0n) is 10.3. The highest BCUT2D eigenvalue weighted by Crippen LogP contribution is 2.39. The zero-order chi connectivity index (χ0) is 13.2. The summed E-state index contributed by atoms with van der Waals surface area (Å²) in [7, 11) is 0. The Morgan fingerprint density at radius 2 is 2.11 bits per heavy atom. The van der Waals surface area contributed by atoms with E-state index in [9.17, 15) is 13.9 Å². The highest BCUT2D eigenvalue weighted by molar-refractivity contribution is 5.21. The van der Waals surface area contributed by atoms with Crippen molar-refractivity contribution in [1.29, 1.82) is 0 Å². The van der Waals surface area contributed by atoms with Gasteiger partial charge in [-0.05, 0) is 30.9 Å². The molecule has 0 saturated heterocycles. The van der Waals surface area contributed by atoms with Crippen LogP contribution in [0.25, 0.3) is 0 Å². The van der Waals surface area contributed by atoms with E-state index in [2.05, 4.69) is 0 Å². The molecule has 100 valence electrons. The van der Waals surface area contributed by atoms with E-state index in [0.717, 1.165) is 25.3 Å². The topological polar surface area (TPSA) is 46.2 Å². The summed E-state index contributed by atoms with van der Waals surface area (Å²) in [4.78, 5) is 0. The van der Waals surface area contributed by atoms with Crippen molar-refractivity contribution >= 4 is 0 Å². The van der Waals surface area contributed by atoms with E-state index in [-0.39, 0.29) is 0 Å². The van der Waals surface area contributed by atoms with Crippen LogP contribution >= 0.6 is 0 Å². The first-order valence-corrected chi connectivity index (χ1v) is 6.39. The van der Waals surface area contributed by atoms with Crippen molar-refractivity contribution in [2.24, 2.45) is 11.1 Å². The van der Waals surface area contributed by atoms with Gasteiger partial charge >= 0.3 is 0 Å². The second-order valence-electron chi connectivity index (χ2n) is 5.24. The summed E-state index contributed by atoms with van der Waals surface area (Å²) < 4.78 is 26.5. The lowest BCUT2D eigenvalue weighted by Crippen LogP contribution is -2.45. The van der Waals surface area contributed by atoms with Crippen LogP contribution in [0.15, 0.2) is 18.2 Å². The Balaban J connectivity index is 2.24. The molecule has 0 amide bonds. The maximum atomic E-state index is 13.7. The predicted molar refractivity (Wildman–Crippen MR) is 66.0 cm³/mol. The van der Waals surface area contributed by atoms with Crippen LogP contribution in [-0.4, -0.2) is 17.8 Å². The van der Waals surface area contributed by atoms with Crippen LogP contribution in [-0.2, 0) is 6.42 Å². The molecule has 2 nitrogen and oxygen atoms in total. The standard InChI is InChI=1S/C14H19F2NO/c15-11-5-4-10(12(16)7-11)8-14(9-17)6-2-1-3-13(14)18/h4-5,7,13,18H,1-3,6,8-9,17H2. The molecular formula is C14H19F2NO. The van der Waals surface area contributed by atoms with Crippen molar-refractivity contribution in [3.05, 3.63) is 35.4 Å². The molecular weight excluding hydrogens is 236 g/mol. The van der Waals surface area contributed by atoms with Gasteiger partial charge < -0.3 is 10.8 Å². The number of rotatable bonds is 3. The molecule has 0 radical (unpaired) electrons. The first-order chi connectivity index (χ1) is 8.57. The van der Waals surface area contributed by atoms with Gasteiger partial charge in [-0.2, -0.15) is 0 Å². The quantitative estimate of drug-likeness (QED) is 0.871. The fraction of sp³-hybridized carbons (Fsp3) is 0.571. The first kappa shape index (κ1) is 13.4. The fourth-order valence-electron chi connectivity index (χ4n) is 2.85. The largest absolute Gasteiger partial charge is 0.392 e. The van der Waals surface area contributed by atoms with Gasteiger partial charge in [0.25, 0.3) is 0 Å². The normalized spacial score (nSPS) is 28.3. The average molecular weight is 255 g/mol. The van der Waals surface area contributed by atoms with Gasteiger partial charge in [0.05, 0.1) is 6.10 Å². The molecule has 0 aliphatic heterocycles. The average Bonchev–Trinajstić information content (AvgIpc) is 2.35. The molecule has 18 heavy (non-hydrogen) atoms. The Hall–Kier alpha value is -1.00. The zero-order valence-corrected chi connectivity index (χ0v) is 10.3. The van der Waals surface area contributed by atoms with Gasteiger partial charge in [-0.1, -0.05) is 18.9 Å². The lowest BCUT2D eigenvalue weighted by atomic mass is 9.68. The molecule has 1 aliphatic carbocycles. The van der Waals surface area contributed by atoms with Gasteiger partial charge in [-0.3, -0.25) is 0 Å². The molecule has 4 heteroatoms. The second kappa shape index (κ2) is 5.33. The van der Waals surface area contributed by atoms with Crippen molar-refractivity contribution in [2.45, 2.75) is 38.2 Å². The molecule has 2 rings (SSSR count). The third-order valence-electron chi connectivity index (χ3n) is 4.07. The van der Waals surface area contributed by atoms with E-state index >= 15 is 0 Å². The number of hydrogen-bond acceptors (Lipinski definition) is 2. The predicted octanol–water partition coefficient (Wildman–Crippen LogP) is 2.39. The maximum Gasteiger partial charge on any atom is 0.129 e. The van der Waals surface area contributed by atoms with Crippen molar-refractivity contribution < 1.29 is 13.9 Å². The van der Waals surface area contributed by atoms with E-state index in [1.54, 1.807) is 0 Å². The Bertz CT molecular complexity index is 424. The molecule has 1 fully saturated rings. The smallest absolute Gasteiger partial charge is 0.129 e. The van der Waals surface area contributed by atoms with E-state index in [0.29, 0.717) is 24.9 Å². The molecule has 1 aromatic rings. The Morgan fingerprint density at radius 3 is 2.72 bits per heavy atom. The minimum absolute atomic E-state index is 0.324. The van der Waals surface area contributed by atoms with Gasteiger partial charge in [0.1, 0.15) is 11.6 Å². The van der Waals surface area contributed by atoms with Gasteiger partial charge in [0.2, 0.25) is 0 Å². The van der Waals surface area contributed by atoms with E-state index in [4.69, 9.17) is 5.73 Å². The summed E-state index contributed by atoms with van der Waals surface area (Å²) in [5.41, 5.74) is 5.77. The van der Waals surface area contributed by atoms with Crippen LogP contribution in [0.2, 0.25) is 0 Å². The van der Waals surface area contributed by atoms with Gasteiger partial charge in [-0.25, -0.2) is 8.78 Å². The molecule has 1 aromatic carbocycles. The number of halogens is 2. The molecule has 2 unspecified atom stereocenters. The van der Waals surface area contributed by atoms with Crippen LogP contribution in [0.5, 0.6) is 0 Å². The number of aliphatic hydroxyl groups is 1. The SMILES string of the molecule is NCC1(Cc2ccc(F)cc2F)CCCCC1O. The molecule has 0 bridgehead atoms. The second-order valence-corrected chi connectivity index (χ2v) is 5.24. The highest BCUT2D eigenvalue weighted by atomic mass is 19.1. The van der Waals surface area contributed by atoms with Crippen LogP contribution < -0.4 is 5.73 Å². The van der Waals surface area contributed by atoms with E-state index in [1.165, 1.54) is 12.1 Å².